The summed E-state index contributed by atoms with van der Waals surface area (Å²) < 4.78 is 2.14. The minimum Gasteiger partial charge on any atom is -0.353 e. The summed E-state index contributed by atoms with van der Waals surface area (Å²) in [6, 6.07) is 20.5. The van der Waals surface area contributed by atoms with E-state index in [1.807, 2.05) is 42.6 Å². The van der Waals surface area contributed by atoms with Crippen LogP contribution in [0.5, 0.6) is 0 Å². The lowest BCUT2D eigenvalue weighted by Gasteiger charge is -2.28. The zero-order chi connectivity index (χ0) is 16.5. The Balaban J connectivity index is 1.84. The third kappa shape index (κ3) is 2.47. The summed E-state index contributed by atoms with van der Waals surface area (Å²) in [5.74, 6) is 0. The second kappa shape index (κ2) is 6.09. The van der Waals surface area contributed by atoms with Gasteiger partial charge in [-0.15, -0.1) is 0 Å². The third-order valence-electron chi connectivity index (χ3n) is 4.42. The van der Waals surface area contributed by atoms with Gasteiger partial charge in [0.2, 0.25) is 0 Å². The number of rotatable bonds is 3. The minimum atomic E-state index is 0.00695. The third-order valence-corrected chi connectivity index (χ3v) is 4.73. The standard InChI is InChI=1S/C19H18N4S/c1-22-13-7-11-16(22)18-17(15-10-5-6-12-20-15)21-19(24)23(18)14-8-3-2-4-9-14/h2-13,17-18H,1H3,(H,21,24)/t17-,18-/m0/s1. The monoisotopic (exact) mass is 334 g/mol. The fourth-order valence-electron chi connectivity index (χ4n) is 3.30. The quantitative estimate of drug-likeness (QED) is 0.742. The van der Waals surface area contributed by atoms with Crippen molar-refractivity contribution in [2.24, 2.45) is 7.05 Å². The molecule has 1 saturated heterocycles. The predicted octanol–water partition coefficient (Wildman–Crippen LogP) is 3.60. The molecule has 0 bridgehead atoms. The molecule has 4 nitrogen and oxygen atoms in total. The molecule has 1 aliphatic rings. The molecule has 2 aromatic heterocycles. The van der Waals surface area contributed by atoms with E-state index in [-0.39, 0.29) is 12.1 Å². The number of nitrogens with zero attached hydrogens (tertiary/aromatic N) is 3. The van der Waals surface area contributed by atoms with Crippen molar-refractivity contribution in [1.82, 2.24) is 14.9 Å². The van der Waals surface area contributed by atoms with Gasteiger partial charge in [-0.05, 0) is 48.6 Å². The van der Waals surface area contributed by atoms with Crippen molar-refractivity contribution in [3.8, 4) is 0 Å². The van der Waals surface area contributed by atoms with Gasteiger partial charge in [0, 0.05) is 30.8 Å². The molecule has 0 amide bonds. The molecule has 2 atom stereocenters. The topological polar surface area (TPSA) is 33.1 Å². The smallest absolute Gasteiger partial charge is 0.174 e. The van der Waals surface area contributed by atoms with Crippen LogP contribution in [0.3, 0.4) is 0 Å². The molecule has 0 spiro atoms. The lowest BCUT2D eigenvalue weighted by Crippen LogP contribution is -2.30. The van der Waals surface area contributed by atoms with Crippen LogP contribution in [0.2, 0.25) is 0 Å². The van der Waals surface area contributed by atoms with Gasteiger partial charge < -0.3 is 14.8 Å². The summed E-state index contributed by atoms with van der Waals surface area (Å²) in [5, 5.41) is 4.19. The first-order valence-corrected chi connectivity index (χ1v) is 8.33. The number of anilines is 1. The molecule has 4 rings (SSSR count). The molecule has 1 fully saturated rings. The number of pyridine rings is 1. The highest BCUT2D eigenvalue weighted by molar-refractivity contribution is 7.80. The number of benzene rings is 1. The van der Waals surface area contributed by atoms with Gasteiger partial charge in [0.05, 0.1) is 11.7 Å². The fraction of sp³-hybridized carbons (Fsp3) is 0.158. The lowest BCUT2D eigenvalue weighted by molar-refractivity contribution is 0.541. The molecule has 5 heteroatoms. The Morgan fingerprint density at radius 3 is 2.46 bits per heavy atom. The SMILES string of the molecule is Cn1cccc1[C@H]1[C@H](c2ccccn2)NC(=S)N1c1ccccc1. The zero-order valence-corrected chi connectivity index (χ0v) is 14.1. The Bertz CT molecular complexity index is 844. The summed E-state index contributed by atoms with van der Waals surface area (Å²) >= 11 is 5.67. The van der Waals surface area contributed by atoms with Crippen molar-refractivity contribution in [3.63, 3.8) is 0 Å². The summed E-state index contributed by atoms with van der Waals surface area (Å²) in [6.07, 6.45) is 3.89. The Hall–Kier alpha value is -2.66. The molecule has 3 aromatic rings. The van der Waals surface area contributed by atoms with Gasteiger partial charge in [-0.1, -0.05) is 24.3 Å². The van der Waals surface area contributed by atoms with E-state index in [2.05, 4.69) is 57.3 Å². The van der Waals surface area contributed by atoms with Crippen LogP contribution in [-0.4, -0.2) is 14.7 Å². The van der Waals surface area contributed by atoms with E-state index >= 15 is 0 Å². The molecule has 0 aliphatic carbocycles. The van der Waals surface area contributed by atoms with Crippen LogP contribution in [0.4, 0.5) is 5.69 Å². The average Bonchev–Trinajstić information content (AvgIpc) is 3.19. The molecule has 24 heavy (non-hydrogen) atoms. The molecule has 1 aliphatic heterocycles. The van der Waals surface area contributed by atoms with Gasteiger partial charge >= 0.3 is 0 Å². The van der Waals surface area contributed by atoms with Crippen LogP contribution in [0.25, 0.3) is 0 Å². The second-order valence-corrected chi connectivity index (χ2v) is 6.26. The van der Waals surface area contributed by atoms with Gasteiger partial charge in [0.1, 0.15) is 6.04 Å². The Morgan fingerprint density at radius 1 is 1.00 bits per heavy atom. The largest absolute Gasteiger partial charge is 0.353 e. The van der Waals surface area contributed by atoms with Crippen LogP contribution < -0.4 is 10.2 Å². The van der Waals surface area contributed by atoms with Crippen LogP contribution >= 0.6 is 12.2 Å². The molecule has 1 aromatic carbocycles. The molecule has 0 saturated carbocycles. The van der Waals surface area contributed by atoms with Gasteiger partial charge in [-0.3, -0.25) is 4.98 Å². The number of aromatic nitrogens is 2. The van der Waals surface area contributed by atoms with Crippen molar-refractivity contribution >= 4 is 23.0 Å². The maximum atomic E-state index is 5.67. The summed E-state index contributed by atoms with van der Waals surface area (Å²) in [4.78, 5) is 6.74. The maximum absolute atomic E-state index is 5.67. The van der Waals surface area contributed by atoms with Crippen molar-refractivity contribution < 1.29 is 0 Å². The molecular weight excluding hydrogens is 316 g/mol. The van der Waals surface area contributed by atoms with Crippen LogP contribution in [0.1, 0.15) is 23.5 Å². The fourth-order valence-corrected chi connectivity index (χ4v) is 3.65. The van der Waals surface area contributed by atoms with Crippen molar-refractivity contribution in [1.29, 1.82) is 0 Å². The van der Waals surface area contributed by atoms with E-state index in [4.69, 9.17) is 12.2 Å². The molecule has 0 unspecified atom stereocenters. The van der Waals surface area contributed by atoms with Crippen molar-refractivity contribution in [2.75, 3.05) is 4.90 Å². The van der Waals surface area contributed by atoms with Crippen molar-refractivity contribution in [3.05, 3.63) is 84.4 Å². The predicted molar refractivity (Wildman–Crippen MR) is 99.8 cm³/mol. The normalized spacial score (nSPS) is 20.2. The first-order chi connectivity index (χ1) is 11.8. The number of nitrogens with one attached hydrogen (secondary N) is 1. The van der Waals surface area contributed by atoms with Crippen LogP contribution in [0, 0.1) is 0 Å². The van der Waals surface area contributed by atoms with E-state index in [1.54, 1.807) is 0 Å². The van der Waals surface area contributed by atoms with Crippen molar-refractivity contribution in [2.45, 2.75) is 12.1 Å². The van der Waals surface area contributed by atoms with E-state index in [1.165, 1.54) is 5.69 Å². The van der Waals surface area contributed by atoms with Gasteiger partial charge in [-0.2, -0.15) is 0 Å². The Labute approximate surface area is 146 Å². The number of hydrogen-bond donors (Lipinski definition) is 1. The molecule has 3 heterocycles. The first-order valence-electron chi connectivity index (χ1n) is 7.92. The zero-order valence-electron chi connectivity index (χ0n) is 13.3. The first kappa shape index (κ1) is 14.9. The van der Waals surface area contributed by atoms with Gasteiger partial charge in [-0.25, -0.2) is 0 Å². The highest BCUT2D eigenvalue weighted by Gasteiger charge is 2.41. The highest BCUT2D eigenvalue weighted by atomic mass is 32.1. The van der Waals surface area contributed by atoms with Gasteiger partial charge in [0.25, 0.3) is 0 Å². The van der Waals surface area contributed by atoms with E-state index < -0.39 is 0 Å². The molecular formula is C19H18N4S. The Kier molecular flexibility index (Phi) is 3.78. The number of aryl methyl sites for hydroxylation is 1. The van der Waals surface area contributed by atoms with Crippen LogP contribution in [0.15, 0.2) is 73.1 Å². The van der Waals surface area contributed by atoms with Gasteiger partial charge in [0.15, 0.2) is 5.11 Å². The van der Waals surface area contributed by atoms with E-state index in [0.29, 0.717) is 0 Å². The second-order valence-electron chi connectivity index (χ2n) is 5.88. The number of hydrogen-bond acceptors (Lipinski definition) is 2. The minimum absolute atomic E-state index is 0.00695. The number of para-hydroxylation sites is 1. The summed E-state index contributed by atoms with van der Waals surface area (Å²) in [7, 11) is 2.06. The summed E-state index contributed by atoms with van der Waals surface area (Å²) in [6.45, 7) is 0. The Morgan fingerprint density at radius 2 is 1.79 bits per heavy atom. The molecule has 120 valence electrons. The lowest BCUT2D eigenvalue weighted by atomic mass is 10.0. The van der Waals surface area contributed by atoms with E-state index in [9.17, 15) is 0 Å². The number of thiocarbonyl (C=S) groups is 1. The molecule has 0 radical (unpaired) electrons. The summed E-state index contributed by atoms with van der Waals surface area (Å²) in [5.41, 5.74) is 3.27. The highest BCUT2D eigenvalue weighted by Crippen LogP contribution is 2.41. The molecule has 1 N–H and O–H groups in total. The van der Waals surface area contributed by atoms with E-state index in [0.717, 1.165) is 16.5 Å². The maximum Gasteiger partial charge on any atom is 0.174 e. The average molecular weight is 334 g/mol. The van der Waals surface area contributed by atoms with Crippen LogP contribution in [-0.2, 0) is 7.05 Å².